The number of imide groups is 1. The number of nitrogens with one attached hydrogen (secondary N) is 1. The van der Waals surface area contributed by atoms with E-state index in [0.29, 0.717) is 11.4 Å². The first kappa shape index (κ1) is 21.9. The molecular formula is C27H24N2O5. The van der Waals surface area contributed by atoms with Gasteiger partial charge < -0.3 is 9.47 Å². The van der Waals surface area contributed by atoms with Crippen LogP contribution in [0.4, 0.5) is 5.69 Å². The maximum Gasteiger partial charge on any atom is 0.323 e. The molecule has 2 aliphatic heterocycles. The molecule has 3 aromatic rings. The van der Waals surface area contributed by atoms with Crippen LogP contribution < -0.4 is 15.0 Å². The Morgan fingerprint density at radius 2 is 1.38 bits per heavy atom. The lowest BCUT2D eigenvalue weighted by Crippen LogP contribution is -2.51. The third-order valence-electron chi connectivity index (χ3n) is 6.80. The quantitative estimate of drug-likeness (QED) is 0.470. The fraction of sp³-hybridized carbons (Fsp3) is 0.222. The molecule has 0 unspecified atom stereocenters. The third-order valence-corrected chi connectivity index (χ3v) is 6.80. The van der Waals surface area contributed by atoms with Crippen LogP contribution in [-0.4, -0.2) is 38.0 Å². The zero-order valence-corrected chi connectivity index (χ0v) is 18.8. The lowest BCUT2D eigenvalue weighted by Gasteiger charge is -2.36. The van der Waals surface area contributed by atoms with E-state index in [1.807, 2.05) is 60.7 Å². The van der Waals surface area contributed by atoms with Crippen LogP contribution in [0.5, 0.6) is 5.75 Å². The Labute approximate surface area is 197 Å². The Balaban J connectivity index is 1.72. The minimum atomic E-state index is -1.10. The first-order valence-electron chi connectivity index (χ1n) is 11.0. The fourth-order valence-corrected chi connectivity index (χ4v) is 5.32. The van der Waals surface area contributed by atoms with Gasteiger partial charge in [-0.15, -0.1) is 0 Å². The second-order valence-electron chi connectivity index (χ2n) is 8.40. The molecule has 1 N–H and O–H groups in total. The van der Waals surface area contributed by atoms with E-state index >= 15 is 0 Å². The molecule has 0 spiro atoms. The van der Waals surface area contributed by atoms with Crippen LogP contribution in [0.25, 0.3) is 0 Å². The summed E-state index contributed by atoms with van der Waals surface area (Å²) in [6.07, 6.45) is 0. The smallest absolute Gasteiger partial charge is 0.323 e. The number of benzene rings is 3. The summed E-state index contributed by atoms with van der Waals surface area (Å²) in [7, 11) is 2.83. The van der Waals surface area contributed by atoms with Gasteiger partial charge in [-0.2, -0.15) is 0 Å². The predicted molar refractivity (Wildman–Crippen MR) is 125 cm³/mol. The van der Waals surface area contributed by atoms with Crippen molar-refractivity contribution in [3.8, 4) is 5.75 Å². The molecule has 5 rings (SSSR count). The molecule has 2 aliphatic rings. The lowest BCUT2D eigenvalue weighted by atomic mass is 9.72. The van der Waals surface area contributed by atoms with Gasteiger partial charge in [-0.05, 0) is 35.4 Å². The van der Waals surface area contributed by atoms with Gasteiger partial charge >= 0.3 is 5.97 Å². The number of hydrogen-bond acceptors (Lipinski definition) is 6. The van der Waals surface area contributed by atoms with Gasteiger partial charge in [0.15, 0.2) is 0 Å². The molecule has 2 heterocycles. The predicted octanol–water partition coefficient (Wildman–Crippen LogP) is 2.89. The molecule has 34 heavy (non-hydrogen) atoms. The van der Waals surface area contributed by atoms with E-state index in [4.69, 9.17) is 9.47 Å². The van der Waals surface area contributed by atoms with Crippen molar-refractivity contribution in [3.05, 3.63) is 96.1 Å². The van der Waals surface area contributed by atoms with Gasteiger partial charge in [0, 0.05) is 0 Å². The molecule has 0 radical (unpaired) electrons. The summed E-state index contributed by atoms with van der Waals surface area (Å²) in [5.74, 6) is -2.55. The molecule has 2 saturated heterocycles. The lowest BCUT2D eigenvalue weighted by molar-refractivity contribution is -0.145. The van der Waals surface area contributed by atoms with Gasteiger partial charge in [0.1, 0.15) is 11.8 Å². The Hall–Kier alpha value is -3.97. The van der Waals surface area contributed by atoms with Gasteiger partial charge in [-0.3, -0.25) is 19.7 Å². The van der Waals surface area contributed by atoms with Crippen molar-refractivity contribution >= 4 is 23.5 Å². The van der Waals surface area contributed by atoms with E-state index in [-0.39, 0.29) is 5.91 Å². The van der Waals surface area contributed by atoms with Crippen LogP contribution >= 0.6 is 0 Å². The maximum absolute atomic E-state index is 14.1. The number of fused-ring (bicyclic) bond motifs is 1. The first-order valence-corrected chi connectivity index (χ1v) is 11.0. The van der Waals surface area contributed by atoms with Gasteiger partial charge in [-0.25, -0.2) is 4.90 Å². The van der Waals surface area contributed by atoms with Gasteiger partial charge in [-0.1, -0.05) is 60.7 Å². The zero-order valence-electron chi connectivity index (χ0n) is 18.8. The van der Waals surface area contributed by atoms with Crippen LogP contribution in [0.15, 0.2) is 84.9 Å². The number of rotatable bonds is 5. The molecule has 7 nitrogen and oxygen atoms in total. The van der Waals surface area contributed by atoms with Crippen LogP contribution in [0, 0.1) is 11.8 Å². The summed E-state index contributed by atoms with van der Waals surface area (Å²) in [6.45, 7) is 0. The van der Waals surface area contributed by atoms with Crippen molar-refractivity contribution in [2.75, 3.05) is 19.1 Å². The van der Waals surface area contributed by atoms with E-state index in [9.17, 15) is 14.4 Å². The molecule has 0 aliphatic carbocycles. The number of ether oxygens (including phenoxy) is 2. The second-order valence-corrected chi connectivity index (χ2v) is 8.40. The summed E-state index contributed by atoms with van der Waals surface area (Å²) < 4.78 is 10.3. The highest BCUT2D eigenvalue weighted by molar-refractivity contribution is 6.24. The maximum atomic E-state index is 14.1. The molecule has 2 amide bonds. The summed E-state index contributed by atoms with van der Waals surface area (Å²) in [5.41, 5.74) is 0.921. The summed E-state index contributed by atoms with van der Waals surface area (Å²) in [4.78, 5) is 41.9. The molecule has 0 bridgehead atoms. The monoisotopic (exact) mass is 456 g/mol. The number of anilines is 1. The summed E-state index contributed by atoms with van der Waals surface area (Å²) >= 11 is 0. The van der Waals surface area contributed by atoms with Gasteiger partial charge in [0.05, 0.1) is 37.3 Å². The standard InChI is InChI=1S/C27H24N2O5/c1-33-20-15-13-19(14-16-20)29-24(30)21-22(25(29)31)27(17-9-5-3-6-10-17,18-11-7-4-8-12-18)28-23(21)26(32)34-2/h3-16,21-23,28H,1-2H3/t21-,22+,23+/m1/s1. The van der Waals surface area contributed by atoms with Crippen LogP contribution in [-0.2, 0) is 24.7 Å². The van der Waals surface area contributed by atoms with Crippen molar-refractivity contribution in [2.45, 2.75) is 11.6 Å². The molecule has 2 fully saturated rings. The van der Waals surface area contributed by atoms with Crippen molar-refractivity contribution < 1.29 is 23.9 Å². The largest absolute Gasteiger partial charge is 0.497 e. The average Bonchev–Trinajstić information content (AvgIpc) is 3.39. The van der Waals surface area contributed by atoms with E-state index in [2.05, 4.69) is 5.32 Å². The molecule has 3 aromatic carbocycles. The van der Waals surface area contributed by atoms with E-state index < -0.39 is 35.3 Å². The molecular weight excluding hydrogens is 432 g/mol. The highest BCUT2D eigenvalue weighted by Gasteiger charge is 2.68. The molecule has 0 aromatic heterocycles. The van der Waals surface area contributed by atoms with Gasteiger partial charge in [0.2, 0.25) is 11.8 Å². The number of carbonyl (C=O) groups is 3. The van der Waals surface area contributed by atoms with Crippen LogP contribution in [0.2, 0.25) is 0 Å². The fourth-order valence-electron chi connectivity index (χ4n) is 5.32. The van der Waals surface area contributed by atoms with Crippen molar-refractivity contribution in [1.82, 2.24) is 5.32 Å². The number of hydrogen-bond donors (Lipinski definition) is 1. The third kappa shape index (κ3) is 3.12. The number of carbonyl (C=O) groups excluding carboxylic acids is 3. The minimum Gasteiger partial charge on any atom is -0.497 e. The zero-order chi connectivity index (χ0) is 23.9. The Morgan fingerprint density at radius 1 is 0.824 bits per heavy atom. The van der Waals surface area contributed by atoms with Crippen molar-refractivity contribution in [3.63, 3.8) is 0 Å². The molecule has 0 saturated carbocycles. The molecule has 7 heteroatoms. The Bertz CT molecular complexity index is 1190. The number of nitrogens with zero attached hydrogens (tertiary/aromatic N) is 1. The molecule has 3 atom stereocenters. The molecule has 172 valence electrons. The van der Waals surface area contributed by atoms with E-state index in [1.165, 1.54) is 12.0 Å². The normalized spacial score (nSPS) is 23.0. The average molecular weight is 456 g/mol. The number of methoxy groups -OCH3 is 2. The SMILES string of the molecule is COC(=O)[C@H]1NC(c2ccccc2)(c2ccccc2)[C@@H]2C(=O)N(c3ccc(OC)cc3)C(=O)[C@@H]12. The van der Waals surface area contributed by atoms with Crippen LogP contribution in [0.3, 0.4) is 0 Å². The van der Waals surface area contributed by atoms with Gasteiger partial charge in [0.25, 0.3) is 0 Å². The highest BCUT2D eigenvalue weighted by atomic mass is 16.5. The minimum absolute atomic E-state index is 0.369. The first-order chi connectivity index (χ1) is 16.5. The Morgan fingerprint density at radius 3 is 1.88 bits per heavy atom. The topological polar surface area (TPSA) is 84.9 Å². The summed E-state index contributed by atoms with van der Waals surface area (Å²) in [5, 5.41) is 3.38. The van der Waals surface area contributed by atoms with E-state index in [1.54, 1.807) is 31.4 Å². The van der Waals surface area contributed by atoms with E-state index in [0.717, 1.165) is 11.1 Å². The van der Waals surface area contributed by atoms with Crippen molar-refractivity contribution in [1.29, 1.82) is 0 Å². The second kappa shape index (κ2) is 8.43. The highest BCUT2D eigenvalue weighted by Crippen LogP contribution is 2.52. The Kier molecular flexibility index (Phi) is 5.42. The number of amides is 2. The van der Waals surface area contributed by atoms with Crippen LogP contribution in [0.1, 0.15) is 11.1 Å². The summed E-state index contributed by atoms with van der Waals surface area (Å²) in [6, 6.07) is 24.7. The van der Waals surface area contributed by atoms with Crippen molar-refractivity contribution in [2.24, 2.45) is 11.8 Å². The number of esters is 1.